The minimum absolute atomic E-state index is 0.575. The van der Waals surface area contributed by atoms with Crippen LogP contribution >= 0.6 is 27.5 Å². The first-order valence-corrected chi connectivity index (χ1v) is 7.70. The highest BCUT2D eigenvalue weighted by Gasteiger charge is 2.22. The summed E-state index contributed by atoms with van der Waals surface area (Å²) in [7, 11) is 4.33. The molecule has 1 aromatic carbocycles. The van der Waals surface area contributed by atoms with E-state index in [1.807, 2.05) is 0 Å². The summed E-state index contributed by atoms with van der Waals surface area (Å²) in [6.07, 6.45) is 2.53. The van der Waals surface area contributed by atoms with Crippen molar-refractivity contribution in [2.45, 2.75) is 24.8 Å². The normalized spacial score (nSPS) is 20.5. The number of rotatable bonds is 3. The Labute approximate surface area is 123 Å². The van der Waals surface area contributed by atoms with Gasteiger partial charge < -0.3 is 9.80 Å². The van der Waals surface area contributed by atoms with E-state index in [-0.39, 0.29) is 0 Å². The number of nitrogens with zero attached hydrogens (tertiary/aromatic N) is 2. The molecule has 0 spiro atoms. The summed E-state index contributed by atoms with van der Waals surface area (Å²) in [5.41, 5.74) is 2.50. The van der Waals surface area contributed by atoms with Crippen LogP contribution in [0.1, 0.15) is 18.4 Å². The molecule has 4 heteroatoms. The first kappa shape index (κ1) is 14.2. The van der Waals surface area contributed by atoms with Crippen LogP contribution in [0.2, 0.25) is 0 Å². The Morgan fingerprint density at radius 1 is 1.44 bits per heavy atom. The number of hydrogen-bond donors (Lipinski definition) is 0. The zero-order valence-corrected chi connectivity index (χ0v) is 13.3. The third-order valence-corrected chi connectivity index (χ3v) is 4.44. The van der Waals surface area contributed by atoms with Crippen LogP contribution in [0.15, 0.2) is 22.7 Å². The topological polar surface area (TPSA) is 6.48 Å². The Morgan fingerprint density at radius 2 is 2.22 bits per heavy atom. The fourth-order valence-corrected chi connectivity index (χ4v) is 3.11. The average molecular weight is 332 g/mol. The summed E-state index contributed by atoms with van der Waals surface area (Å²) in [6.45, 7) is 2.22. The average Bonchev–Trinajstić information content (AvgIpc) is 2.39. The van der Waals surface area contributed by atoms with Gasteiger partial charge in [-0.15, -0.1) is 11.6 Å². The molecule has 18 heavy (non-hydrogen) atoms. The highest BCUT2D eigenvalue weighted by molar-refractivity contribution is 9.10. The molecule has 1 saturated heterocycles. The lowest BCUT2D eigenvalue weighted by Gasteiger charge is -2.38. The van der Waals surface area contributed by atoms with Gasteiger partial charge in [0.2, 0.25) is 0 Å². The van der Waals surface area contributed by atoms with Crippen molar-refractivity contribution in [1.82, 2.24) is 4.90 Å². The Kier molecular flexibility index (Phi) is 4.93. The van der Waals surface area contributed by atoms with Crippen molar-refractivity contribution in [3.63, 3.8) is 0 Å². The van der Waals surface area contributed by atoms with Gasteiger partial charge in [0.1, 0.15) is 0 Å². The molecular formula is C14H20BrClN2. The van der Waals surface area contributed by atoms with Crippen molar-refractivity contribution in [1.29, 1.82) is 0 Å². The van der Waals surface area contributed by atoms with Gasteiger partial charge in [0.15, 0.2) is 0 Å². The van der Waals surface area contributed by atoms with Gasteiger partial charge in [-0.2, -0.15) is 0 Å². The standard InChI is InChI=1S/C14H20BrClN2/c1-17(2)13-4-3-7-18(10-13)14-8-12(15)6-5-11(14)9-16/h5-6,8,13H,3-4,7,9-10H2,1-2H3. The molecule has 0 bridgehead atoms. The van der Waals surface area contributed by atoms with E-state index < -0.39 is 0 Å². The van der Waals surface area contributed by atoms with Crippen molar-refractivity contribution in [2.75, 3.05) is 32.1 Å². The maximum Gasteiger partial charge on any atom is 0.0494 e. The van der Waals surface area contributed by atoms with Crippen LogP contribution in [0.25, 0.3) is 0 Å². The predicted molar refractivity (Wildman–Crippen MR) is 82.6 cm³/mol. The second-order valence-electron chi connectivity index (χ2n) is 5.11. The monoisotopic (exact) mass is 330 g/mol. The lowest BCUT2D eigenvalue weighted by atomic mass is 10.0. The summed E-state index contributed by atoms with van der Waals surface area (Å²) in [5, 5.41) is 0. The van der Waals surface area contributed by atoms with Crippen LogP contribution in [0, 0.1) is 0 Å². The van der Waals surface area contributed by atoms with E-state index in [0.29, 0.717) is 11.9 Å². The Balaban J connectivity index is 2.22. The molecule has 1 unspecified atom stereocenters. The number of alkyl halides is 1. The summed E-state index contributed by atoms with van der Waals surface area (Å²) in [4.78, 5) is 4.79. The van der Waals surface area contributed by atoms with Crippen LogP contribution in [0.4, 0.5) is 5.69 Å². The molecule has 1 atom stereocenters. The van der Waals surface area contributed by atoms with Gasteiger partial charge in [0, 0.05) is 35.2 Å². The number of hydrogen-bond acceptors (Lipinski definition) is 2. The zero-order chi connectivity index (χ0) is 13.1. The number of benzene rings is 1. The van der Waals surface area contributed by atoms with Gasteiger partial charge in [-0.25, -0.2) is 0 Å². The zero-order valence-electron chi connectivity index (χ0n) is 11.0. The molecule has 100 valence electrons. The van der Waals surface area contributed by atoms with Gasteiger partial charge in [-0.05, 0) is 44.6 Å². The minimum atomic E-state index is 0.575. The van der Waals surface area contributed by atoms with Crippen molar-refractivity contribution in [3.8, 4) is 0 Å². The fourth-order valence-electron chi connectivity index (χ4n) is 2.54. The summed E-state index contributed by atoms with van der Waals surface area (Å²) in [6, 6.07) is 7.01. The second kappa shape index (κ2) is 6.27. The van der Waals surface area contributed by atoms with Crippen molar-refractivity contribution in [2.24, 2.45) is 0 Å². The molecule has 0 saturated carbocycles. The molecule has 1 aliphatic heterocycles. The van der Waals surface area contributed by atoms with E-state index in [1.165, 1.54) is 24.1 Å². The van der Waals surface area contributed by atoms with Crippen LogP contribution < -0.4 is 4.90 Å². The number of halogens is 2. The van der Waals surface area contributed by atoms with Gasteiger partial charge >= 0.3 is 0 Å². The Morgan fingerprint density at radius 3 is 2.89 bits per heavy atom. The molecule has 1 aromatic rings. The van der Waals surface area contributed by atoms with Crippen LogP contribution in [0.3, 0.4) is 0 Å². The van der Waals surface area contributed by atoms with Crippen LogP contribution in [-0.2, 0) is 5.88 Å². The summed E-state index contributed by atoms with van der Waals surface area (Å²) >= 11 is 9.61. The molecule has 1 aliphatic rings. The Bertz CT molecular complexity index is 409. The largest absolute Gasteiger partial charge is 0.370 e. The van der Waals surface area contributed by atoms with Gasteiger partial charge in [-0.3, -0.25) is 0 Å². The first-order chi connectivity index (χ1) is 8.61. The van der Waals surface area contributed by atoms with Crippen molar-refractivity contribution in [3.05, 3.63) is 28.2 Å². The lowest BCUT2D eigenvalue weighted by molar-refractivity contribution is 0.258. The van der Waals surface area contributed by atoms with Gasteiger partial charge in [0.05, 0.1) is 0 Å². The summed E-state index contributed by atoms with van der Waals surface area (Å²) < 4.78 is 1.12. The van der Waals surface area contributed by atoms with Crippen molar-refractivity contribution < 1.29 is 0 Å². The highest BCUT2D eigenvalue weighted by Crippen LogP contribution is 2.29. The fraction of sp³-hybridized carbons (Fsp3) is 0.571. The van der Waals surface area contributed by atoms with E-state index in [0.717, 1.165) is 17.6 Å². The van der Waals surface area contributed by atoms with Crippen molar-refractivity contribution >= 4 is 33.2 Å². The molecule has 2 rings (SSSR count). The maximum absolute atomic E-state index is 6.05. The molecule has 1 heterocycles. The summed E-state index contributed by atoms with van der Waals surface area (Å²) in [5.74, 6) is 0.575. The van der Waals surface area contributed by atoms with E-state index in [9.17, 15) is 0 Å². The smallest absolute Gasteiger partial charge is 0.0494 e. The molecule has 0 aliphatic carbocycles. The number of piperidine rings is 1. The molecule has 0 amide bonds. The van der Waals surface area contributed by atoms with Crippen LogP contribution in [0.5, 0.6) is 0 Å². The van der Waals surface area contributed by atoms with Gasteiger partial charge in [0.25, 0.3) is 0 Å². The Hall–Kier alpha value is -0.250. The number of likely N-dealkylation sites (N-methyl/N-ethyl adjacent to an activating group) is 1. The minimum Gasteiger partial charge on any atom is -0.370 e. The maximum atomic E-state index is 6.05. The molecule has 0 N–H and O–H groups in total. The van der Waals surface area contributed by atoms with E-state index in [2.05, 4.69) is 58.0 Å². The third-order valence-electron chi connectivity index (χ3n) is 3.66. The molecule has 2 nitrogen and oxygen atoms in total. The lowest BCUT2D eigenvalue weighted by Crippen LogP contribution is -2.45. The molecular weight excluding hydrogens is 312 g/mol. The van der Waals surface area contributed by atoms with E-state index in [4.69, 9.17) is 11.6 Å². The molecule has 0 radical (unpaired) electrons. The quantitative estimate of drug-likeness (QED) is 0.779. The van der Waals surface area contributed by atoms with E-state index in [1.54, 1.807) is 0 Å². The van der Waals surface area contributed by atoms with E-state index >= 15 is 0 Å². The first-order valence-electron chi connectivity index (χ1n) is 6.37. The van der Waals surface area contributed by atoms with Gasteiger partial charge in [-0.1, -0.05) is 22.0 Å². The second-order valence-corrected chi connectivity index (χ2v) is 6.30. The highest BCUT2D eigenvalue weighted by atomic mass is 79.9. The predicted octanol–water partition coefficient (Wildman–Crippen LogP) is 3.72. The SMILES string of the molecule is CN(C)C1CCCN(c2cc(Br)ccc2CCl)C1. The third kappa shape index (κ3) is 3.19. The number of anilines is 1. The van der Waals surface area contributed by atoms with Crippen LogP contribution in [-0.4, -0.2) is 38.1 Å². The molecule has 0 aromatic heterocycles. The molecule has 1 fully saturated rings.